The molecule has 0 saturated carbocycles. The lowest BCUT2D eigenvalue weighted by Gasteiger charge is -2.35. The zero-order valence-electron chi connectivity index (χ0n) is 34.9. The molecule has 1 saturated heterocycles. The number of β-amino-alcohol motifs (C(OH)–C–C–N with tert-alkyl or cyclic N) is 1. The van der Waals surface area contributed by atoms with Crippen LogP contribution < -0.4 is 26.0 Å². The Hall–Kier alpha value is -6.44. The molecule has 332 valence electrons. The molecule has 0 aliphatic carbocycles. The maximum absolute atomic E-state index is 14.0. The number of alkyl halides is 3. The summed E-state index contributed by atoms with van der Waals surface area (Å²) in [6.45, 7) is 7.08. The molecule has 63 heavy (non-hydrogen) atoms. The minimum Gasteiger partial charge on any atom is -0.406 e. The number of aryl methyl sites for hydroxylation is 1. The van der Waals surface area contributed by atoms with Crippen LogP contribution in [-0.2, 0) is 25.7 Å². The normalized spacial score (nSPS) is 15.7. The summed E-state index contributed by atoms with van der Waals surface area (Å²) >= 11 is 1.55. The van der Waals surface area contributed by atoms with Crippen LogP contribution in [0.5, 0.6) is 5.75 Å². The van der Waals surface area contributed by atoms with Crippen molar-refractivity contribution < 1.29 is 46.9 Å². The maximum atomic E-state index is 14.0. The highest BCUT2D eigenvalue weighted by molar-refractivity contribution is 7.13. The predicted molar refractivity (Wildman–Crippen MR) is 229 cm³/mol. The number of nitrogens with zero attached hydrogens (tertiary/aromatic N) is 4. The van der Waals surface area contributed by atoms with Crippen LogP contribution in [0.1, 0.15) is 48.8 Å². The number of nitrogens with one attached hydrogen (secondary N) is 4. The van der Waals surface area contributed by atoms with E-state index in [9.17, 15) is 37.5 Å². The molecule has 0 unspecified atom stereocenters. The Bertz CT molecular complexity index is 2390. The first-order valence-corrected chi connectivity index (χ1v) is 20.8. The maximum Gasteiger partial charge on any atom is 0.573 e. The highest BCUT2D eigenvalue weighted by Crippen LogP contribution is 2.29. The van der Waals surface area contributed by atoms with Crippen molar-refractivity contribution in [3.05, 3.63) is 108 Å². The second-order valence-corrected chi connectivity index (χ2v) is 16.7. The molecule has 3 heterocycles. The van der Waals surface area contributed by atoms with Crippen molar-refractivity contribution >= 4 is 46.5 Å². The van der Waals surface area contributed by atoms with Crippen LogP contribution >= 0.6 is 11.3 Å². The van der Waals surface area contributed by atoms with E-state index < -0.39 is 60.2 Å². The first kappa shape index (κ1) is 46.1. The SMILES string of the molecule is Cc1ncsc1-c1ccc(CNC(=O)[C@@H]2C[C@@H](O)CN2C(=O)[C@@H](NC(=O)COCCNC(=O)c2cccc(-c3cc(Nc4ccc(OC(F)(F)F)cc4)ncn3)c2)C(C)(C)C)cc1. The molecule has 3 atom stereocenters. The van der Waals surface area contributed by atoms with Gasteiger partial charge in [-0.3, -0.25) is 19.2 Å². The van der Waals surface area contributed by atoms with Gasteiger partial charge in [-0.15, -0.1) is 24.5 Å². The largest absolute Gasteiger partial charge is 0.573 e. The zero-order chi connectivity index (χ0) is 45.3. The fraction of sp³-hybridized carbons (Fsp3) is 0.341. The number of hydrogen-bond acceptors (Lipinski definition) is 12. The van der Waals surface area contributed by atoms with Crippen LogP contribution in [0.2, 0.25) is 0 Å². The Kier molecular flexibility index (Phi) is 14.7. The second kappa shape index (κ2) is 20.2. The van der Waals surface area contributed by atoms with E-state index in [0.717, 1.165) is 21.7 Å². The molecular formula is C44H47F3N8O7S. The quantitative estimate of drug-likeness (QED) is 0.0755. The Balaban J connectivity index is 0.959. The first-order valence-electron chi connectivity index (χ1n) is 19.9. The van der Waals surface area contributed by atoms with Gasteiger partial charge in [0, 0.05) is 48.9 Å². The second-order valence-electron chi connectivity index (χ2n) is 15.8. The van der Waals surface area contributed by atoms with Crippen molar-refractivity contribution in [2.75, 3.05) is 31.6 Å². The van der Waals surface area contributed by atoms with E-state index in [0.29, 0.717) is 28.3 Å². The Morgan fingerprint density at radius 3 is 2.37 bits per heavy atom. The summed E-state index contributed by atoms with van der Waals surface area (Å²) in [5.74, 6) is -1.92. The third-order valence-corrected chi connectivity index (χ3v) is 10.9. The van der Waals surface area contributed by atoms with E-state index in [1.165, 1.54) is 35.5 Å². The minimum absolute atomic E-state index is 0.0224. The molecule has 1 aliphatic rings. The number of hydrogen-bond donors (Lipinski definition) is 5. The van der Waals surface area contributed by atoms with Crippen LogP contribution in [0.15, 0.2) is 90.7 Å². The van der Waals surface area contributed by atoms with Crippen molar-refractivity contribution in [1.82, 2.24) is 35.8 Å². The number of amides is 4. The topological polar surface area (TPSA) is 197 Å². The number of aliphatic hydroxyl groups excluding tert-OH is 1. The molecule has 15 nitrogen and oxygen atoms in total. The molecule has 0 radical (unpaired) electrons. The van der Waals surface area contributed by atoms with Gasteiger partial charge < -0.3 is 40.7 Å². The highest BCUT2D eigenvalue weighted by atomic mass is 32.1. The Morgan fingerprint density at radius 2 is 1.68 bits per heavy atom. The van der Waals surface area contributed by atoms with E-state index in [1.807, 2.05) is 31.2 Å². The van der Waals surface area contributed by atoms with Crippen LogP contribution in [0, 0.1) is 12.3 Å². The molecule has 0 bridgehead atoms. The smallest absolute Gasteiger partial charge is 0.406 e. The highest BCUT2D eigenvalue weighted by Gasteiger charge is 2.44. The van der Waals surface area contributed by atoms with Gasteiger partial charge in [0.15, 0.2) is 0 Å². The summed E-state index contributed by atoms with van der Waals surface area (Å²) in [4.78, 5) is 68.6. The molecule has 2 aromatic heterocycles. The van der Waals surface area contributed by atoms with Crippen molar-refractivity contribution in [2.24, 2.45) is 5.41 Å². The van der Waals surface area contributed by atoms with E-state index in [2.05, 4.69) is 41.0 Å². The van der Waals surface area contributed by atoms with Gasteiger partial charge in [-0.2, -0.15) is 0 Å². The third-order valence-electron chi connectivity index (χ3n) is 9.92. The van der Waals surface area contributed by atoms with Crippen molar-refractivity contribution in [2.45, 2.75) is 65.2 Å². The molecule has 19 heteroatoms. The van der Waals surface area contributed by atoms with Gasteiger partial charge in [0.1, 0.15) is 36.6 Å². The monoisotopic (exact) mass is 888 g/mol. The number of anilines is 2. The molecular weight excluding hydrogens is 842 g/mol. The molecule has 3 aromatic carbocycles. The van der Waals surface area contributed by atoms with Gasteiger partial charge >= 0.3 is 6.36 Å². The fourth-order valence-electron chi connectivity index (χ4n) is 6.78. The number of thiazole rings is 1. The first-order chi connectivity index (χ1) is 29.9. The summed E-state index contributed by atoms with van der Waals surface area (Å²) in [7, 11) is 0. The Morgan fingerprint density at radius 1 is 0.937 bits per heavy atom. The molecule has 1 aliphatic heterocycles. The van der Waals surface area contributed by atoms with Crippen LogP contribution in [-0.4, -0.2) is 99.4 Å². The molecule has 5 N–H and O–H groups in total. The van der Waals surface area contributed by atoms with E-state index in [-0.39, 0.29) is 38.4 Å². The number of ether oxygens (including phenoxy) is 2. The summed E-state index contributed by atoms with van der Waals surface area (Å²) in [6.07, 6.45) is -4.36. The molecule has 6 rings (SSSR count). The van der Waals surface area contributed by atoms with Crippen molar-refractivity contribution in [3.63, 3.8) is 0 Å². The number of carbonyl (C=O) groups excluding carboxylic acids is 4. The average molecular weight is 889 g/mol. The number of carbonyl (C=O) groups is 4. The van der Waals surface area contributed by atoms with Crippen LogP contribution in [0.4, 0.5) is 24.7 Å². The molecule has 0 spiro atoms. The Labute approximate surface area is 365 Å². The summed E-state index contributed by atoms with van der Waals surface area (Å²) in [5, 5.41) is 21.9. The number of aromatic nitrogens is 3. The van der Waals surface area contributed by atoms with Crippen molar-refractivity contribution in [3.8, 4) is 27.4 Å². The van der Waals surface area contributed by atoms with Gasteiger partial charge in [0.2, 0.25) is 17.7 Å². The van der Waals surface area contributed by atoms with E-state index in [4.69, 9.17) is 4.74 Å². The number of halogens is 3. The zero-order valence-corrected chi connectivity index (χ0v) is 35.7. The van der Waals surface area contributed by atoms with Gasteiger partial charge in [0.05, 0.1) is 34.5 Å². The molecule has 5 aromatic rings. The van der Waals surface area contributed by atoms with E-state index >= 15 is 0 Å². The lowest BCUT2D eigenvalue weighted by atomic mass is 9.85. The fourth-order valence-corrected chi connectivity index (χ4v) is 7.59. The lowest BCUT2D eigenvalue weighted by molar-refractivity contribution is -0.274. The number of rotatable bonds is 16. The van der Waals surface area contributed by atoms with Gasteiger partial charge in [-0.25, -0.2) is 15.0 Å². The number of aliphatic hydroxyl groups is 1. The van der Waals surface area contributed by atoms with Crippen LogP contribution in [0.25, 0.3) is 21.7 Å². The average Bonchev–Trinajstić information content (AvgIpc) is 3.86. The number of likely N-dealkylation sites (tertiary alicyclic amines) is 1. The summed E-state index contributed by atoms with van der Waals surface area (Å²) in [6, 6.07) is 19.2. The lowest BCUT2D eigenvalue weighted by Crippen LogP contribution is -2.58. The van der Waals surface area contributed by atoms with Gasteiger partial charge in [0.25, 0.3) is 5.91 Å². The standard InChI is InChI=1S/C44H47F3N8O7S/c1-26-38(63-25-52-26)28-10-8-27(9-11-28)21-49-41(59)35-19-32(56)22-55(35)42(60)39(43(2,3)4)54-37(57)23-61-17-16-48-40(58)30-7-5-6-29(18-30)34-20-36(51-24-50-34)53-31-12-14-33(15-13-31)62-44(45,46)47/h5-15,18,20,24-25,32,35,39,56H,16-17,19,21-23H2,1-4H3,(H,48,58)(H,49,59)(H,54,57)(H,50,51,53)/t32-,35+,39-/m1/s1. The van der Waals surface area contributed by atoms with E-state index in [1.54, 1.807) is 68.0 Å². The minimum atomic E-state index is -4.80. The number of benzene rings is 3. The molecule has 4 amide bonds. The van der Waals surface area contributed by atoms with Gasteiger partial charge in [-0.1, -0.05) is 57.2 Å². The predicted octanol–water partition coefficient (Wildman–Crippen LogP) is 5.77. The summed E-state index contributed by atoms with van der Waals surface area (Å²) in [5.41, 5.74) is 5.70. The van der Waals surface area contributed by atoms with Gasteiger partial charge in [-0.05, 0) is 59.9 Å². The third kappa shape index (κ3) is 12.8. The molecule has 1 fully saturated rings. The summed E-state index contributed by atoms with van der Waals surface area (Å²) < 4.78 is 46.9. The van der Waals surface area contributed by atoms with Crippen molar-refractivity contribution in [1.29, 1.82) is 0 Å². The van der Waals surface area contributed by atoms with Crippen LogP contribution in [0.3, 0.4) is 0 Å².